The van der Waals surface area contributed by atoms with E-state index in [0.29, 0.717) is 6.04 Å². The standard InChI is InChI=1S/C13H23N3S/c1-3-16-9-11(8-15-16)13(14-2)10-17-12-6-4-5-7-12/h8-9,12-14H,3-7,10H2,1-2H3. The van der Waals surface area contributed by atoms with Gasteiger partial charge in [-0.15, -0.1) is 0 Å². The smallest absolute Gasteiger partial charge is 0.0537 e. The summed E-state index contributed by atoms with van der Waals surface area (Å²) in [5.74, 6) is 1.16. The van der Waals surface area contributed by atoms with Gasteiger partial charge in [0.15, 0.2) is 0 Å². The maximum atomic E-state index is 4.35. The molecule has 0 aromatic carbocycles. The third-order valence-electron chi connectivity index (χ3n) is 3.53. The van der Waals surface area contributed by atoms with E-state index in [2.05, 4.69) is 35.3 Å². The Morgan fingerprint density at radius 2 is 2.29 bits per heavy atom. The number of aryl methyl sites for hydroxylation is 1. The van der Waals surface area contributed by atoms with Gasteiger partial charge in [0.25, 0.3) is 0 Å². The predicted octanol–water partition coefficient (Wildman–Crippen LogP) is 2.84. The van der Waals surface area contributed by atoms with E-state index in [9.17, 15) is 0 Å². The van der Waals surface area contributed by atoms with Gasteiger partial charge in [0.1, 0.15) is 0 Å². The second kappa shape index (κ2) is 6.45. The van der Waals surface area contributed by atoms with Crippen LogP contribution in [-0.4, -0.2) is 27.8 Å². The Labute approximate surface area is 108 Å². The first-order valence-electron chi connectivity index (χ1n) is 6.64. The molecule has 0 bridgehead atoms. The molecule has 1 N–H and O–H groups in total. The van der Waals surface area contributed by atoms with Crippen molar-refractivity contribution in [2.45, 2.75) is 50.4 Å². The fourth-order valence-corrected chi connectivity index (χ4v) is 3.86. The lowest BCUT2D eigenvalue weighted by atomic mass is 10.2. The highest BCUT2D eigenvalue weighted by Crippen LogP contribution is 2.31. The van der Waals surface area contributed by atoms with Crippen LogP contribution in [0.3, 0.4) is 0 Å². The van der Waals surface area contributed by atoms with Gasteiger partial charge < -0.3 is 5.32 Å². The van der Waals surface area contributed by atoms with Crippen molar-refractivity contribution in [1.82, 2.24) is 15.1 Å². The van der Waals surface area contributed by atoms with Crippen molar-refractivity contribution in [2.75, 3.05) is 12.8 Å². The van der Waals surface area contributed by atoms with E-state index >= 15 is 0 Å². The molecule has 17 heavy (non-hydrogen) atoms. The molecule has 0 amide bonds. The number of aromatic nitrogens is 2. The normalized spacial score (nSPS) is 18.7. The summed E-state index contributed by atoms with van der Waals surface area (Å²) < 4.78 is 2.00. The van der Waals surface area contributed by atoms with Gasteiger partial charge in [-0.05, 0) is 26.8 Å². The van der Waals surface area contributed by atoms with Crippen molar-refractivity contribution in [3.8, 4) is 0 Å². The van der Waals surface area contributed by atoms with Crippen LogP contribution < -0.4 is 5.32 Å². The highest BCUT2D eigenvalue weighted by atomic mass is 32.2. The summed E-state index contributed by atoms with van der Waals surface area (Å²) >= 11 is 2.13. The molecule has 0 aliphatic heterocycles. The van der Waals surface area contributed by atoms with Gasteiger partial charge in [0.05, 0.1) is 6.20 Å². The molecule has 3 nitrogen and oxygen atoms in total. The monoisotopic (exact) mass is 253 g/mol. The molecule has 1 aliphatic rings. The van der Waals surface area contributed by atoms with Crippen molar-refractivity contribution in [3.05, 3.63) is 18.0 Å². The maximum Gasteiger partial charge on any atom is 0.0537 e. The molecular formula is C13H23N3S. The van der Waals surface area contributed by atoms with Crippen LogP contribution in [-0.2, 0) is 6.54 Å². The molecule has 1 fully saturated rings. The van der Waals surface area contributed by atoms with Crippen LogP contribution in [0.2, 0.25) is 0 Å². The number of rotatable bonds is 6. The first-order valence-corrected chi connectivity index (χ1v) is 7.69. The lowest BCUT2D eigenvalue weighted by Gasteiger charge is -2.16. The zero-order valence-corrected chi connectivity index (χ0v) is 11.7. The Bertz CT molecular complexity index is 331. The minimum absolute atomic E-state index is 0.445. The van der Waals surface area contributed by atoms with Gasteiger partial charge in [-0.2, -0.15) is 16.9 Å². The third-order valence-corrected chi connectivity index (χ3v) is 5.00. The zero-order chi connectivity index (χ0) is 12.1. The minimum Gasteiger partial charge on any atom is -0.312 e. The Balaban J connectivity index is 1.86. The van der Waals surface area contributed by atoms with Crippen molar-refractivity contribution in [2.24, 2.45) is 0 Å². The number of nitrogens with one attached hydrogen (secondary N) is 1. The molecule has 1 aliphatic carbocycles. The van der Waals surface area contributed by atoms with Crippen LogP contribution >= 0.6 is 11.8 Å². The van der Waals surface area contributed by atoms with E-state index in [4.69, 9.17) is 0 Å². The molecule has 0 saturated heterocycles. The molecule has 4 heteroatoms. The van der Waals surface area contributed by atoms with Crippen molar-refractivity contribution in [1.29, 1.82) is 0 Å². The quantitative estimate of drug-likeness (QED) is 0.845. The molecule has 2 rings (SSSR count). The molecule has 1 heterocycles. The van der Waals surface area contributed by atoms with Crippen molar-refractivity contribution >= 4 is 11.8 Å². The fourth-order valence-electron chi connectivity index (χ4n) is 2.37. The Kier molecular flexibility index (Phi) is 4.92. The predicted molar refractivity (Wildman–Crippen MR) is 74.4 cm³/mol. The second-order valence-electron chi connectivity index (χ2n) is 4.71. The molecule has 1 aromatic heterocycles. The summed E-state index contributed by atoms with van der Waals surface area (Å²) in [5, 5.41) is 8.65. The van der Waals surface area contributed by atoms with Crippen LogP contribution in [0.5, 0.6) is 0 Å². The average molecular weight is 253 g/mol. The summed E-state index contributed by atoms with van der Waals surface area (Å²) in [6.45, 7) is 3.07. The topological polar surface area (TPSA) is 29.9 Å². The van der Waals surface area contributed by atoms with Crippen molar-refractivity contribution in [3.63, 3.8) is 0 Å². The van der Waals surface area contributed by atoms with Gasteiger partial charge >= 0.3 is 0 Å². The Morgan fingerprint density at radius 3 is 2.88 bits per heavy atom. The summed E-state index contributed by atoms with van der Waals surface area (Å²) in [4.78, 5) is 0. The lowest BCUT2D eigenvalue weighted by Crippen LogP contribution is -2.19. The number of nitrogens with zero attached hydrogens (tertiary/aromatic N) is 2. The molecule has 0 spiro atoms. The zero-order valence-electron chi connectivity index (χ0n) is 10.9. The maximum absolute atomic E-state index is 4.35. The molecular weight excluding hydrogens is 230 g/mol. The highest BCUT2D eigenvalue weighted by Gasteiger charge is 2.18. The van der Waals surface area contributed by atoms with Crippen molar-refractivity contribution < 1.29 is 0 Å². The van der Waals surface area contributed by atoms with Crippen LogP contribution in [0.15, 0.2) is 12.4 Å². The lowest BCUT2D eigenvalue weighted by molar-refractivity contribution is 0.644. The number of hydrogen-bond donors (Lipinski definition) is 1. The van der Waals surface area contributed by atoms with Crippen LogP contribution in [0.1, 0.15) is 44.2 Å². The molecule has 1 saturated carbocycles. The van der Waals surface area contributed by atoms with E-state index in [0.717, 1.165) is 17.5 Å². The largest absolute Gasteiger partial charge is 0.312 e. The molecule has 1 unspecified atom stereocenters. The summed E-state index contributed by atoms with van der Waals surface area (Å²) in [6.07, 6.45) is 9.84. The van der Waals surface area contributed by atoms with Crippen LogP contribution in [0, 0.1) is 0 Å². The minimum atomic E-state index is 0.445. The van der Waals surface area contributed by atoms with Gasteiger partial charge in [-0.25, -0.2) is 0 Å². The van der Waals surface area contributed by atoms with E-state index in [1.807, 2.05) is 17.9 Å². The van der Waals surface area contributed by atoms with Gasteiger partial charge in [0, 0.05) is 35.3 Å². The fraction of sp³-hybridized carbons (Fsp3) is 0.769. The first kappa shape index (κ1) is 13.0. The molecule has 0 radical (unpaired) electrons. The Morgan fingerprint density at radius 1 is 1.53 bits per heavy atom. The Hall–Kier alpha value is -0.480. The number of thioether (sulfide) groups is 1. The summed E-state index contributed by atoms with van der Waals surface area (Å²) in [5.41, 5.74) is 1.32. The molecule has 96 valence electrons. The van der Waals surface area contributed by atoms with E-state index < -0.39 is 0 Å². The van der Waals surface area contributed by atoms with E-state index in [-0.39, 0.29) is 0 Å². The SMILES string of the molecule is CCn1cc(C(CSC2CCCC2)NC)cn1. The first-order chi connectivity index (χ1) is 8.33. The van der Waals surface area contributed by atoms with E-state index in [1.165, 1.54) is 31.2 Å². The highest BCUT2D eigenvalue weighted by molar-refractivity contribution is 7.99. The summed E-state index contributed by atoms with van der Waals surface area (Å²) in [7, 11) is 2.04. The average Bonchev–Trinajstić information content (AvgIpc) is 3.00. The van der Waals surface area contributed by atoms with E-state index in [1.54, 1.807) is 0 Å². The van der Waals surface area contributed by atoms with Gasteiger partial charge in [-0.1, -0.05) is 12.8 Å². The van der Waals surface area contributed by atoms with Gasteiger partial charge in [-0.3, -0.25) is 4.68 Å². The van der Waals surface area contributed by atoms with Crippen LogP contribution in [0.4, 0.5) is 0 Å². The second-order valence-corrected chi connectivity index (χ2v) is 6.04. The molecule has 1 atom stereocenters. The molecule has 1 aromatic rings. The summed E-state index contributed by atoms with van der Waals surface area (Å²) in [6, 6.07) is 0.445. The van der Waals surface area contributed by atoms with Gasteiger partial charge in [0.2, 0.25) is 0 Å². The van der Waals surface area contributed by atoms with Crippen LogP contribution in [0.25, 0.3) is 0 Å². The third kappa shape index (κ3) is 3.49. The number of hydrogen-bond acceptors (Lipinski definition) is 3.